The largest absolute Gasteiger partial charge is 0.508 e. The van der Waals surface area contributed by atoms with E-state index in [1.807, 2.05) is 43.3 Å². The van der Waals surface area contributed by atoms with E-state index in [2.05, 4.69) is 10.2 Å². The number of benzene rings is 4. The minimum Gasteiger partial charge on any atom is -0.508 e. The molecule has 12 aliphatic rings. The van der Waals surface area contributed by atoms with Gasteiger partial charge in [0.15, 0.2) is 23.0 Å². The number of carboxylic acids is 1. The lowest BCUT2D eigenvalue weighted by atomic mass is 9.45. The zero-order valence-corrected chi connectivity index (χ0v) is 45.8. The van der Waals surface area contributed by atoms with Gasteiger partial charge in [0, 0.05) is 49.3 Å². The number of likely N-dealkylation sites (N-methyl/N-ethyl adjacent to an activating group) is 2. The second-order valence-corrected chi connectivity index (χ2v) is 26.1. The van der Waals surface area contributed by atoms with Gasteiger partial charge in [0.1, 0.15) is 23.7 Å². The number of piperidine rings is 1. The Morgan fingerprint density at radius 2 is 1.21 bits per heavy atom. The molecule has 17 heteroatoms. The third-order valence-electron chi connectivity index (χ3n) is 21.8. The van der Waals surface area contributed by atoms with Crippen molar-refractivity contribution < 1.29 is 65.0 Å². The SMILES string of the molecule is CN(C(=O)C1CC1c1ccc(O)cc1)[C@H]1CC[C@@]2(O)C3Cc4ccc(O)c5c4[C@@]2(CCN3CC2(O)CC2)[C@H]1O5.CN[C@H]1CC[C@@]2(O)C3CCC[C@@]24c2c(ccc(O)c2O[C@@H]14)C3.NCC1(O)CC1.O=C(O)C1CC1c1ccc(O)cc1. The van der Waals surface area contributed by atoms with Crippen molar-refractivity contribution in [2.45, 2.75) is 178 Å². The molecule has 9 aliphatic carbocycles. The predicted molar refractivity (Wildman–Crippen MR) is 294 cm³/mol. The summed E-state index contributed by atoms with van der Waals surface area (Å²) in [6.45, 7) is 1.75. The number of likely N-dealkylation sites (tertiary alicyclic amines) is 1. The molecular formula is C63H78N4O13. The zero-order chi connectivity index (χ0) is 56.1. The molecule has 4 bridgehead atoms. The fraction of sp³-hybridized carbons (Fsp3) is 0.587. The average molecular weight is 1100 g/mol. The van der Waals surface area contributed by atoms with Crippen molar-refractivity contribution in [2.75, 3.05) is 33.7 Å². The van der Waals surface area contributed by atoms with Gasteiger partial charge >= 0.3 is 5.97 Å². The Hall–Kier alpha value is -5.66. The molecular weight excluding hydrogens is 1020 g/mol. The molecule has 4 aromatic rings. The zero-order valence-electron chi connectivity index (χ0n) is 45.8. The summed E-state index contributed by atoms with van der Waals surface area (Å²) in [5.41, 5.74) is 7.77. The third kappa shape index (κ3) is 8.24. The molecule has 0 radical (unpaired) electrons. The lowest BCUT2D eigenvalue weighted by Gasteiger charge is -2.64. The molecule has 7 saturated carbocycles. The Kier molecular flexibility index (Phi) is 12.7. The highest BCUT2D eigenvalue weighted by Crippen LogP contribution is 2.69. The molecule has 1 saturated heterocycles. The normalized spacial score (nSPS) is 37.1. The molecule has 12 N–H and O–H groups in total. The second kappa shape index (κ2) is 18.9. The first-order valence-corrected chi connectivity index (χ1v) is 29.3. The molecule has 0 aromatic heterocycles. The lowest BCUT2D eigenvalue weighted by Crippen LogP contribution is -2.78. The Balaban J connectivity index is 0.000000122. The summed E-state index contributed by atoms with van der Waals surface area (Å²) >= 11 is 0. The van der Waals surface area contributed by atoms with Crippen molar-refractivity contribution in [1.82, 2.24) is 15.1 Å². The van der Waals surface area contributed by atoms with Gasteiger partial charge in [-0.25, -0.2) is 0 Å². The van der Waals surface area contributed by atoms with Crippen molar-refractivity contribution in [1.29, 1.82) is 0 Å². The molecule has 2 spiro atoms. The molecule has 4 aromatic carbocycles. The summed E-state index contributed by atoms with van der Waals surface area (Å²) in [6, 6.07) is 21.2. The minimum absolute atomic E-state index is 0.0681. The van der Waals surface area contributed by atoms with Crippen LogP contribution < -0.4 is 20.5 Å². The smallest absolute Gasteiger partial charge is 0.307 e. The summed E-state index contributed by atoms with van der Waals surface area (Å²) in [4.78, 5) is 28.5. The highest BCUT2D eigenvalue weighted by Gasteiger charge is 2.75. The first-order chi connectivity index (χ1) is 38.2. The average Bonchev–Trinajstić information content (AvgIpc) is 3.71. The first-order valence-electron chi connectivity index (χ1n) is 29.3. The summed E-state index contributed by atoms with van der Waals surface area (Å²) in [5.74, 6) is 1.54. The fourth-order valence-corrected chi connectivity index (χ4v) is 16.9. The van der Waals surface area contributed by atoms with E-state index in [4.69, 9.17) is 30.5 Å². The summed E-state index contributed by atoms with van der Waals surface area (Å²) in [5, 5.41) is 95.9. The number of aliphatic hydroxyl groups is 4. The Morgan fingerprint density at radius 1 is 0.662 bits per heavy atom. The Labute approximate surface area is 466 Å². The van der Waals surface area contributed by atoms with Crippen molar-refractivity contribution in [2.24, 2.45) is 23.5 Å². The van der Waals surface area contributed by atoms with Crippen molar-refractivity contribution in [3.63, 3.8) is 0 Å². The van der Waals surface area contributed by atoms with Crippen LogP contribution in [0.25, 0.3) is 0 Å². The Morgan fingerprint density at radius 3 is 1.76 bits per heavy atom. The minimum atomic E-state index is -1.07. The molecule has 6 unspecified atom stereocenters. The van der Waals surface area contributed by atoms with E-state index < -0.39 is 39.9 Å². The highest BCUT2D eigenvalue weighted by atomic mass is 16.5. The van der Waals surface area contributed by atoms with Gasteiger partial charge in [0.05, 0.1) is 45.2 Å². The number of hydrogen-bond donors (Lipinski definition) is 11. The van der Waals surface area contributed by atoms with E-state index in [-0.39, 0.29) is 82.2 Å². The van der Waals surface area contributed by atoms with E-state index in [1.54, 1.807) is 48.5 Å². The van der Waals surface area contributed by atoms with Crippen LogP contribution in [0.3, 0.4) is 0 Å². The predicted octanol–water partition coefficient (Wildman–Crippen LogP) is 5.32. The van der Waals surface area contributed by atoms with Gasteiger partial charge in [-0.3, -0.25) is 14.5 Å². The molecule has 17 nitrogen and oxygen atoms in total. The maximum atomic E-state index is 13.8. The monoisotopic (exact) mass is 1100 g/mol. The molecule has 8 fully saturated rings. The number of phenols is 4. The summed E-state index contributed by atoms with van der Waals surface area (Å²) in [7, 11) is 3.84. The number of aliphatic carboxylic acids is 1. The molecule has 14 atom stereocenters. The number of ether oxygens (including phenoxy) is 2. The molecule has 428 valence electrons. The fourth-order valence-electron chi connectivity index (χ4n) is 16.9. The Bertz CT molecular complexity index is 3100. The number of β-amino-alcohol motifs (C(OH)–C–C–N with tert-alkyl or cyclic N) is 1. The van der Waals surface area contributed by atoms with Crippen LogP contribution >= 0.6 is 0 Å². The van der Waals surface area contributed by atoms with Crippen LogP contribution in [0, 0.1) is 17.8 Å². The highest BCUT2D eigenvalue weighted by molar-refractivity contribution is 5.83. The standard InChI is InChI=1S/C31H36N2O6.C18H23NO3.C10H10O3.C4H9NO/c1-32(28(36)21-15-20(21)17-2-5-19(34)6-3-17)22-8-9-31(38)24-14-18-4-7-23(35)26-25(18)30(31,27(22)39-26)12-13-33(24)16-29(37)10-11-29;1-19-12-6-8-18(21)11-3-2-7-17(18)14-10(9-11)4-5-13(20)15(14)22-16(12)17;11-7-3-1-6(2-4-7)8-5-9(8)10(12)13;5-3-4(6)1-2-4/h2-7,20-22,24,27,34-35,37-38H,8-16H2,1H3;4-5,11-12,16,19-21H,2-3,6-9H2,1H3;1-4,8-9,11H,5H2,(H,12,13);6H,1-3,5H2/t20?,21?,22-,24?,27-,30-,31+;11?,12-,16-,17-,18+;;/m00../s1. The molecule has 80 heavy (non-hydrogen) atoms. The van der Waals surface area contributed by atoms with E-state index >= 15 is 0 Å². The van der Waals surface area contributed by atoms with E-state index in [1.165, 1.54) is 5.56 Å². The molecule has 16 rings (SSSR count). The summed E-state index contributed by atoms with van der Waals surface area (Å²) < 4.78 is 12.9. The lowest BCUT2D eigenvalue weighted by molar-refractivity contribution is -0.203. The van der Waals surface area contributed by atoms with Crippen LogP contribution in [-0.2, 0) is 33.3 Å². The first kappa shape index (κ1) is 53.6. The summed E-state index contributed by atoms with van der Waals surface area (Å²) in [6.07, 6.45) is 12.8. The third-order valence-corrected chi connectivity index (χ3v) is 21.8. The number of amides is 1. The van der Waals surface area contributed by atoms with Crippen LogP contribution in [0.4, 0.5) is 0 Å². The van der Waals surface area contributed by atoms with Gasteiger partial charge in [-0.1, -0.05) is 42.8 Å². The van der Waals surface area contributed by atoms with Gasteiger partial charge in [-0.15, -0.1) is 0 Å². The number of carbonyl (C=O) groups is 2. The quantitative estimate of drug-likeness (QED) is 0.101. The molecule has 3 heterocycles. The van der Waals surface area contributed by atoms with Crippen LogP contribution in [0.2, 0.25) is 0 Å². The number of nitrogens with two attached hydrogens (primary N) is 1. The number of rotatable bonds is 9. The number of phenolic OH excluding ortho intramolecular Hbond substituents is 4. The number of hydrogen-bond acceptors (Lipinski definition) is 15. The number of carboxylic acid groups (broad SMARTS) is 1. The molecule has 3 aliphatic heterocycles. The number of nitrogens with one attached hydrogen (secondary N) is 1. The van der Waals surface area contributed by atoms with Crippen molar-refractivity contribution >= 4 is 11.9 Å². The van der Waals surface area contributed by atoms with Gasteiger partial charge in [0.25, 0.3) is 0 Å². The number of nitrogens with zero attached hydrogens (tertiary/aromatic N) is 2. The number of aromatic hydroxyl groups is 4. The maximum Gasteiger partial charge on any atom is 0.307 e. The topological polar surface area (TPSA) is 279 Å². The van der Waals surface area contributed by atoms with Gasteiger partial charge in [-0.2, -0.15) is 0 Å². The van der Waals surface area contributed by atoms with E-state index in [0.717, 1.165) is 111 Å². The van der Waals surface area contributed by atoms with E-state index in [0.29, 0.717) is 56.2 Å². The maximum absolute atomic E-state index is 13.8. The van der Waals surface area contributed by atoms with Gasteiger partial charge in [0.2, 0.25) is 5.91 Å². The van der Waals surface area contributed by atoms with Crippen LogP contribution in [-0.4, -0.2) is 154 Å². The second-order valence-electron chi connectivity index (χ2n) is 26.1. The number of carbonyl (C=O) groups excluding carboxylic acids is 1. The van der Waals surface area contributed by atoms with Crippen LogP contribution in [0.5, 0.6) is 34.5 Å². The van der Waals surface area contributed by atoms with Crippen molar-refractivity contribution in [3.05, 3.63) is 106 Å². The van der Waals surface area contributed by atoms with Crippen molar-refractivity contribution in [3.8, 4) is 34.5 Å². The van der Waals surface area contributed by atoms with Crippen LogP contribution in [0.1, 0.15) is 135 Å². The van der Waals surface area contributed by atoms with Gasteiger partial charge in [-0.05, 0) is 186 Å². The van der Waals surface area contributed by atoms with Crippen LogP contribution in [0.15, 0.2) is 72.8 Å². The van der Waals surface area contributed by atoms with Gasteiger partial charge < -0.3 is 71.4 Å². The molecule has 1 amide bonds. The van der Waals surface area contributed by atoms with E-state index in [9.17, 15) is 40.2 Å².